The lowest BCUT2D eigenvalue weighted by Crippen LogP contribution is -2.52. The third kappa shape index (κ3) is 4.47. The molecule has 0 atom stereocenters. The minimum Gasteiger partial charge on any atom is -0.335 e. The number of amides is 1. The maximum atomic E-state index is 12.8. The zero-order valence-corrected chi connectivity index (χ0v) is 16.7. The highest BCUT2D eigenvalue weighted by atomic mass is 32.1. The van der Waals surface area contributed by atoms with Crippen LogP contribution in [0.3, 0.4) is 0 Å². The van der Waals surface area contributed by atoms with Gasteiger partial charge in [-0.3, -0.25) is 9.69 Å². The van der Waals surface area contributed by atoms with Crippen LogP contribution >= 0.6 is 11.3 Å². The highest BCUT2D eigenvalue weighted by Gasteiger charge is 2.28. The molecule has 2 fully saturated rings. The summed E-state index contributed by atoms with van der Waals surface area (Å²) < 4.78 is 0. The number of aromatic nitrogens is 2. The minimum atomic E-state index is 0.0415. The van der Waals surface area contributed by atoms with Crippen LogP contribution in [0.4, 0.5) is 10.9 Å². The lowest BCUT2D eigenvalue weighted by Gasteiger charge is -2.40. The molecule has 0 radical (unpaired) electrons. The van der Waals surface area contributed by atoms with Crippen molar-refractivity contribution >= 4 is 28.2 Å². The van der Waals surface area contributed by atoms with Gasteiger partial charge in [-0.1, -0.05) is 25.3 Å². The van der Waals surface area contributed by atoms with Gasteiger partial charge < -0.3 is 10.2 Å². The van der Waals surface area contributed by atoms with E-state index in [9.17, 15) is 4.79 Å². The first kappa shape index (κ1) is 18.4. The van der Waals surface area contributed by atoms with Crippen LogP contribution in [0.5, 0.6) is 0 Å². The van der Waals surface area contributed by atoms with E-state index in [2.05, 4.69) is 20.2 Å². The van der Waals surface area contributed by atoms with Crippen molar-refractivity contribution in [2.24, 2.45) is 0 Å². The number of rotatable bonds is 4. The number of carbonyl (C=O) groups is 1. The minimum absolute atomic E-state index is 0.0415. The van der Waals surface area contributed by atoms with Crippen molar-refractivity contribution in [2.45, 2.75) is 45.1 Å². The first-order valence-electron chi connectivity index (χ1n) is 9.88. The van der Waals surface area contributed by atoms with Gasteiger partial charge in [0.2, 0.25) is 0 Å². The number of hydrogen-bond acceptors (Lipinski definition) is 6. The molecule has 2 aliphatic rings. The van der Waals surface area contributed by atoms with Crippen LogP contribution in [0.25, 0.3) is 0 Å². The molecule has 1 aliphatic carbocycles. The molecule has 2 aromatic rings. The van der Waals surface area contributed by atoms with E-state index in [4.69, 9.17) is 0 Å². The number of carbonyl (C=O) groups excluding carboxylic acids is 1. The number of aryl methyl sites for hydroxylation is 1. The Morgan fingerprint density at radius 3 is 2.63 bits per heavy atom. The third-order valence-corrected chi connectivity index (χ3v) is 6.30. The van der Waals surface area contributed by atoms with Crippen molar-refractivity contribution in [1.29, 1.82) is 0 Å². The Bertz CT molecular complexity index is 778. The molecule has 0 aromatic carbocycles. The molecule has 0 spiro atoms. The van der Waals surface area contributed by atoms with Crippen LogP contribution in [0.2, 0.25) is 0 Å². The molecule has 27 heavy (non-hydrogen) atoms. The lowest BCUT2D eigenvalue weighted by molar-refractivity contribution is 0.0519. The third-order valence-electron chi connectivity index (χ3n) is 5.54. The van der Waals surface area contributed by atoms with Gasteiger partial charge in [0.1, 0.15) is 11.5 Å². The summed E-state index contributed by atoms with van der Waals surface area (Å²) >= 11 is 1.45. The highest BCUT2D eigenvalue weighted by Crippen LogP contribution is 2.25. The van der Waals surface area contributed by atoms with Crippen molar-refractivity contribution < 1.29 is 4.79 Å². The number of piperazine rings is 1. The van der Waals surface area contributed by atoms with Gasteiger partial charge in [-0.25, -0.2) is 9.97 Å². The monoisotopic (exact) mass is 385 g/mol. The van der Waals surface area contributed by atoms with Crippen LogP contribution in [-0.4, -0.2) is 57.9 Å². The fraction of sp³-hybridized carbons (Fsp3) is 0.550. The summed E-state index contributed by atoms with van der Waals surface area (Å²) in [5, 5.41) is 5.74. The van der Waals surface area contributed by atoms with Gasteiger partial charge >= 0.3 is 0 Å². The molecule has 1 N–H and O–H groups in total. The highest BCUT2D eigenvalue weighted by molar-refractivity contribution is 7.14. The van der Waals surface area contributed by atoms with Crippen molar-refractivity contribution in [2.75, 3.05) is 31.5 Å². The number of pyridine rings is 1. The number of hydrogen-bond donors (Lipinski definition) is 1. The summed E-state index contributed by atoms with van der Waals surface area (Å²) in [6, 6.07) is 6.54. The standard InChI is InChI=1S/C20H27N5OS/c1-15-6-5-9-18(21-15)23-20-22-17(14-27-20)19(26)25-12-10-24(11-13-25)16-7-3-2-4-8-16/h5-6,9,14,16H,2-4,7-8,10-13H2,1H3,(H,21,22,23). The van der Waals surface area contributed by atoms with Gasteiger partial charge in [0.15, 0.2) is 5.13 Å². The predicted molar refractivity (Wildman–Crippen MR) is 109 cm³/mol. The van der Waals surface area contributed by atoms with E-state index < -0.39 is 0 Å². The summed E-state index contributed by atoms with van der Waals surface area (Å²) in [7, 11) is 0. The van der Waals surface area contributed by atoms with E-state index in [1.54, 1.807) is 0 Å². The quantitative estimate of drug-likeness (QED) is 0.870. The number of thiazole rings is 1. The van der Waals surface area contributed by atoms with Crippen molar-refractivity contribution in [1.82, 2.24) is 19.8 Å². The Morgan fingerprint density at radius 2 is 1.89 bits per heavy atom. The number of anilines is 2. The Kier molecular flexibility index (Phi) is 5.69. The van der Waals surface area contributed by atoms with Crippen molar-refractivity contribution in [3.8, 4) is 0 Å². The molecule has 144 valence electrons. The SMILES string of the molecule is Cc1cccc(Nc2nc(C(=O)N3CCN(C4CCCCC4)CC3)cs2)n1. The molecule has 3 heterocycles. The summed E-state index contributed by atoms with van der Waals surface area (Å²) in [5.41, 5.74) is 1.48. The fourth-order valence-electron chi connectivity index (χ4n) is 4.05. The molecule has 1 amide bonds. The van der Waals surface area contributed by atoms with Crippen LogP contribution in [0, 0.1) is 6.92 Å². The molecule has 0 unspecified atom stereocenters. The smallest absolute Gasteiger partial charge is 0.273 e. The van der Waals surface area contributed by atoms with E-state index in [-0.39, 0.29) is 5.91 Å². The summed E-state index contributed by atoms with van der Waals surface area (Å²) in [4.78, 5) is 26.2. The van der Waals surface area contributed by atoms with Crippen LogP contribution < -0.4 is 5.32 Å². The normalized spacial score (nSPS) is 19.2. The molecule has 2 aromatic heterocycles. The fourth-order valence-corrected chi connectivity index (χ4v) is 4.74. The predicted octanol–water partition coefficient (Wildman–Crippen LogP) is 3.68. The van der Waals surface area contributed by atoms with Gasteiger partial charge in [0.05, 0.1) is 0 Å². The van der Waals surface area contributed by atoms with Gasteiger partial charge in [-0.05, 0) is 31.9 Å². The maximum absolute atomic E-state index is 12.8. The second kappa shape index (κ2) is 8.35. The van der Waals surface area contributed by atoms with Crippen LogP contribution in [-0.2, 0) is 0 Å². The Labute approximate surface area is 164 Å². The van der Waals surface area contributed by atoms with Gasteiger partial charge in [-0.2, -0.15) is 0 Å². The van der Waals surface area contributed by atoms with Gasteiger partial charge in [-0.15, -0.1) is 11.3 Å². The summed E-state index contributed by atoms with van der Waals surface area (Å²) in [6.45, 7) is 5.52. The Morgan fingerprint density at radius 1 is 1.11 bits per heavy atom. The molecule has 7 heteroatoms. The maximum Gasteiger partial charge on any atom is 0.273 e. The van der Waals surface area contributed by atoms with Gasteiger partial charge in [0, 0.05) is 43.3 Å². The van der Waals surface area contributed by atoms with Crippen LogP contribution in [0.1, 0.15) is 48.3 Å². The van der Waals surface area contributed by atoms with E-state index in [1.807, 2.05) is 35.4 Å². The van der Waals surface area contributed by atoms with E-state index in [0.717, 1.165) is 43.7 Å². The number of nitrogens with zero attached hydrogens (tertiary/aromatic N) is 4. The second-order valence-electron chi connectivity index (χ2n) is 7.45. The Balaban J connectivity index is 1.33. The van der Waals surface area contributed by atoms with E-state index in [0.29, 0.717) is 10.8 Å². The Hall–Kier alpha value is -1.99. The van der Waals surface area contributed by atoms with Crippen LogP contribution in [0.15, 0.2) is 23.6 Å². The zero-order chi connectivity index (χ0) is 18.6. The average Bonchev–Trinajstić information content (AvgIpc) is 3.17. The number of nitrogens with one attached hydrogen (secondary N) is 1. The molecule has 1 saturated carbocycles. The lowest BCUT2D eigenvalue weighted by atomic mass is 9.94. The van der Waals surface area contributed by atoms with E-state index >= 15 is 0 Å². The topological polar surface area (TPSA) is 61.4 Å². The van der Waals surface area contributed by atoms with E-state index in [1.165, 1.54) is 43.4 Å². The molecular formula is C20H27N5OS. The first-order valence-corrected chi connectivity index (χ1v) is 10.8. The summed E-state index contributed by atoms with van der Waals surface area (Å²) in [6.07, 6.45) is 6.74. The molecule has 1 aliphatic heterocycles. The molecule has 0 bridgehead atoms. The second-order valence-corrected chi connectivity index (χ2v) is 8.31. The average molecular weight is 386 g/mol. The van der Waals surface area contributed by atoms with Gasteiger partial charge in [0.25, 0.3) is 5.91 Å². The molecular weight excluding hydrogens is 358 g/mol. The molecule has 4 rings (SSSR count). The molecule has 1 saturated heterocycles. The molecule has 6 nitrogen and oxygen atoms in total. The largest absolute Gasteiger partial charge is 0.335 e. The van der Waals surface area contributed by atoms with Crippen molar-refractivity contribution in [3.05, 3.63) is 35.0 Å². The zero-order valence-electron chi connectivity index (χ0n) is 15.9. The summed E-state index contributed by atoms with van der Waals surface area (Å²) in [5.74, 6) is 0.796. The first-order chi connectivity index (χ1) is 13.2. The van der Waals surface area contributed by atoms with Crippen molar-refractivity contribution in [3.63, 3.8) is 0 Å².